The summed E-state index contributed by atoms with van der Waals surface area (Å²) in [7, 11) is 0. The molecule has 0 atom stereocenters. The summed E-state index contributed by atoms with van der Waals surface area (Å²) in [6.07, 6.45) is 2.47. The third-order valence-electron chi connectivity index (χ3n) is 2.80. The van der Waals surface area contributed by atoms with E-state index in [0.717, 1.165) is 6.26 Å². The number of nitrogens with zero attached hydrogens (tertiary/aromatic N) is 3. The van der Waals surface area contributed by atoms with Crippen LogP contribution in [-0.4, -0.2) is 34.3 Å². The maximum absolute atomic E-state index is 10.9. The van der Waals surface area contributed by atoms with Crippen LogP contribution in [0, 0.1) is 4.91 Å². The van der Waals surface area contributed by atoms with Crippen LogP contribution in [0.5, 0.6) is 0 Å². The number of carboxylic acid groups (broad SMARTS) is 1. The maximum Gasteiger partial charge on any atom is 0.340 e. The molecule has 0 spiro atoms. The van der Waals surface area contributed by atoms with E-state index in [-0.39, 0.29) is 11.5 Å². The van der Waals surface area contributed by atoms with Gasteiger partial charge in [-0.2, -0.15) is 0 Å². The first kappa shape index (κ1) is 10.6. The highest BCUT2D eigenvalue weighted by molar-refractivity contribution is 5.88. The Morgan fingerprint density at radius 3 is 2.81 bits per heavy atom. The average molecular weight is 225 g/mol. The number of hydrogen-bond acceptors (Lipinski definition) is 5. The Morgan fingerprint density at radius 1 is 1.56 bits per heavy atom. The second kappa shape index (κ2) is 4.30. The van der Waals surface area contributed by atoms with Crippen LogP contribution in [-0.2, 0) is 0 Å². The van der Waals surface area contributed by atoms with Crippen molar-refractivity contribution in [1.82, 2.24) is 10.2 Å². The van der Waals surface area contributed by atoms with Crippen LogP contribution in [0.4, 0.5) is 0 Å². The topological polar surface area (TPSA) is 96.0 Å². The predicted molar refractivity (Wildman–Crippen MR) is 52.8 cm³/mol. The van der Waals surface area contributed by atoms with Gasteiger partial charge in [-0.1, -0.05) is 5.16 Å². The average Bonchev–Trinajstić information content (AvgIpc) is 2.78. The summed E-state index contributed by atoms with van der Waals surface area (Å²) in [5.74, 6) is -1.00. The third-order valence-corrected chi connectivity index (χ3v) is 2.80. The summed E-state index contributed by atoms with van der Waals surface area (Å²) in [4.78, 5) is 21.1. The first-order valence-electron chi connectivity index (χ1n) is 4.98. The summed E-state index contributed by atoms with van der Waals surface area (Å²) >= 11 is 0. The lowest BCUT2D eigenvalue weighted by atomic mass is 9.92. The fourth-order valence-corrected chi connectivity index (χ4v) is 1.92. The van der Waals surface area contributed by atoms with E-state index >= 15 is 0 Å². The van der Waals surface area contributed by atoms with Gasteiger partial charge in [0.05, 0.1) is 5.29 Å². The van der Waals surface area contributed by atoms with Crippen molar-refractivity contribution < 1.29 is 14.4 Å². The van der Waals surface area contributed by atoms with Gasteiger partial charge in [0.15, 0.2) is 0 Å². The second-order valence-corrected chi connectivity index (χ2v) is 3.73. The number of hydrogen-bond donors (Lipinski definition) is 1. The van der Waals surface area contributed by atoms with E-state index in [9.17, 15) is 9.70 Å². The van der Waals surface area contributed by atoms with E-state index in [2.05, 4.69) is 15.0 Å². The van der Waals surface area contributed by atoms with E-state index in [4.69, 9.17) is 5.11 Å². The molecule has 86 valence electrons. The predicted octanol–water partition coefficient (Wildman–Crippen LogP) is 1.23. The fraction of sp³-hybridized carbons (Fsp3) is 0.556. The quantitative estimate of drug-likeness (QED) is 0.777. The van der Waals surface area contributed by atoms with Gasteiger partial charge in [0.2, 0.25) is 0 Å². The molecule has 1 aliphatic heterocycles. The van der Waals surface area contributed by atoms with E-state index in [1.165, 1.54) is 5.01 Å². The molecule has 2 heterocycles. The lowest BCUT2D eigenvalue weighted by molar-refractivity contribution is 0.0694. The van der Waals surface area contributed by atoms with E-state index in [1.54, 1.807) is 0 Å². The molecule has 0 saturated carbocycles. The normalized spacial score (nSPS) is 17.4. The molecule has 7 nitrogen and oxygen atoms in total. The molecule has 0 radical (unpaired) electrons. The molecule has 7 heteroatoms. The molecule has 1 saturated heterocycles. The smallest absolute Gasteiger partial charge is 0.340 e. The van der Waals surface area contributed by atoms with Crippen molar-refractivity contribution >= 4 is 5.97 Å². The zero-order chi connectivity index (χ0) is 11.5. The first-order valence-corrected chi connectivity index (χ1v) is 4.98. The van der Waals surface area contributed by atoms with Crippen LogP contribution < -0.4 is 0 Å². The molecule has 1 aliphatic rings. The Balaban J connectivity index is 2.11. The molecule has 0 bridgehead atoms. The largest absolute Gasteiger partial charge is 0.478 e. The van der Waals surface area contributed by atoms with Gasteiger partial charge in [0.1, 0.15) is 17.5 Å². The standard InChI is InChI=1S/C9H11N3O4/c13-9(14)7-5-16-10-8(7)6-1-3-12(11-15)4-2-6/h5-6H,1-4H2,(H,13,14). The van der Waals surface area contributed by atoms with Crippen molar-refractivity contribution in [3.63, 3.8) is 0 Å². The Hall–Kier alpha value is -1.92. The van der Waals surface area contributed by atoms with Gasteiger partial charge in [-0.3, -0.25) is 5.01 Å². The molecule has 1 fully saturated rings. The summed E-state index contributed by atoms with van der Waals surface area (Å²) in [6.45, 7) is 1.06. The van der Waals surface area contributed by atoms with Gasteiger partial charge in [-0.15, -0.1) is 4.91 Å². The fourth-order valence-electron chi connectivity index (χ4n) is 1.92. The SMILES string of the molecule is O=NN1CCC(c2nocc2C(=O)O)CC1. The van der Waals surface area contributed by atoms with Crippen LogP contribution >= 0.6 is 0 Å². The van der Waals surface area contributed by atoms with Crippen molar-refractivity contribution in [2.45, 2.75) is 18.8 Å². The Morgan fingerprint density at radius 2 is 2.25 bits per heavy atom. The highest BCUT2D eigenvalue weighted by Gasteiger charge is 2.27. The maximum atomic E-state index is 10.9. The number of carbonyl (C=O) groups is 1. The van der Waals surface area contributed by atoms with Gasteiger partial charge >= 0.3 is 5.97 Å². The molecule has 0 amide bonds. The molecule has 1 aromatic rings. The number of nitroso groups, excluding NO2 is 1. The number of piperidine rings is 1. The zero-order valence-electron chi connectivity index (χ0n) is 8.50. The molecular weight excluding hydrogens is 214 g/mol. The van der Waals surface area contributed by atoms with Crippen molar-refractivity contribution in [2.75, 3.05) is 13.1 Å². The van der Waals surface area contributed by atoms with Crippen molar-refractivity contribution in [3.05, 3.63) is 22.4 Å². The van der Waals surface area contributed by atoms with Crippen molar-refractivity contribution in [2.24, 2.45) is 5.29 Å². The third kappa shape index (κ3) is 1.88. The highest BCUT2D eigenvalue weighted by atomic mass is 16.5. The summed E-state index contributed by atoms with van der Waals surface area (Å²) in [5.41, 5.74) is 0.579. The van der Waals surface area contributed by atoms with Gasteiger partial charge in [0, 0.05) is 19.0 Å². The van der Waals surface area contributed by atoms with Gasteiger partial charge in [0.25, 0.3) is 0 Å². The summed E-state index contributed by atoms with van der Waals surface area (Å²) in [5, 5.41) is 16.9. The van der Waals surface area contributed by atoms with Gasteiger partial charge in [-0.05, 0) is 12.8 Å². The Kier molecular flexibility index (Phi) is 2.84. The molecular formula is C9H11N3O4. The zero-order valence-corrected chi connectivity index (χ0v) is 8.50. The van der Waals surface area contributed by atoms with E-state index in [1.807, 2.05) is 0 Å². The van der Waals surface area contributed by atoms with Crippen LogP contribution in [0.2, 0.25) is 0 Å². The van der Waals surface area contributed by atoms with Crippen LogP contribution in [0.15, 0.2) is 16.1 Å². The first-order chi connectivity index (χ1) is 7.72. The molecule has 16 heavy (non-hydrogen) atoms. The number of aromatic nitrogens is 1. The lowest BCUT2D eigenvalue weighted by Crippen LogP contribution is -2.28. The monoisotopic (exact) mass is 225 g/mol. The van der Waals surface area contributed by atoms with Gasteiger partial charge < -0.3 is 9.63 Å². The van der Waals surface area contributed by atoms with E-state index in [0.29, 0.717) is 31.6 Å². The van der Waals surface area contributed by atoms with E-state index < -0.39 is 5.97 Å². The van der Waals surface area contributed by atoms with Crippen LogP contribution in [0.3, 0.4) is 0 Å². The van der Waals surface area contributed by atoms with Gasteiger partial charge in [-0.25, -0.2) is 4.79 Å². The summed E-state index contributed by atoms with van der Waals surface area (Å²) < 4.78 is 4.68. The Bertz CT molecular complexity index is 395. The van der Waals surface area contributed by atoms with Crippen molar-refractivity contribution in [3.8, 4) is 0 Å². The number of carboxylic acids is 1. The number of rotatable bonds is 3. The minimum atomic E-state index is -1.04. The molecule has 1 N–H and O–H groups in total. The number of aromatic carboxylic acids is 1. The highest BCUT2D eigenvalue weighted by Crippen LogP contribution is 2.29. The molecule has 0 aliphatic carbocycles. The minimum Gasteiger partial charge on any atom is -0.478 e. The minimum absolute atomic E-state index is 0.0304. The molecule has 0 aromatic carbocycles. The molecule has 1 aromatic heterocycles. The summed E-state index contributed by atoms with van der Waals surface area (Å²) in [6, 6.07) is 0. The molecule has 0 unspecified atom stereocenters. The van der Waals surface area contributed by atoms with Crippen LogP contribution in [0.1, 0.15) is 34.8 Å². The lowest BCUT2D eigenvalue weighted by Gasteiger charge is -2.26. The molecule has 2 rings (SSSR count). The second-order valence-electron chi connectivity index (χ2n) is 3.73. The van der Waals surface area contributed by atoms with Crippen LogP contribution in [0.25, 0.3) is 0 Å². The van der Waals surface area contributed by atoms with Crippen molar-refractivity contribution in [1.29, 1.82) is 0 Å². The Labute approximate surface area is 91.0 Å².